The molecule has 1 saturated carbocycles. The highest BCUT2D eigenvalue weighted by atomic mass is 19.4. The molecule has 0 radical (unpaired) electrons. The lowest BCUT2D eigenvalue weighted by Gasteiger charge is -2.27. The molecule has 2 fully saturated rings. The Kier molecular flexibility index (Phi) is 2.97. The molecular weight excluding hydrogens is 267 g/mol. The van der Waals surface area contributed by atoms with Crippen LogP contribution in [0, 0.1) is 11.8 Å². The van der Waals surface area contributed by atoms with E-state index >= 15 is 0 Å². The second-order valence-electron chi connectivity index (χ2n) is 6.19. The molecule has 3 atom stereocenters. The number of anilines is 1. The number of rotatable bonds is 1. The van der Waals surface area contributed by atoms with Gasteiger partial charge in [0, 0.05) is 18.6 Å². The molecule has 0 amide bonds. The molecule has 0 bridgehead atoms. The average Bonchev–Trinajstić information content (AvgIpc) is 2.90. The molecule has 0 spiro atoms. The number of aromatic nitrogens is 1. The number of fused-ring (bicyclic) bond motifs is 1. The van der Waals surface area contributed by atoms with E-state index in [1.54, 1.807) is 6.07 Å². The van der Waals surface area contributed by atoms with Crippen molar-refractivity contribution < 1.29 is 13.2 Å². The normalized spacial score (nSPS) is 33.5. The summed E-state index contributed by atoms with van der Waals surface area (Å²) < 4.78 is 38.1. The van der Waals surface area contributed by atoms with E-state index in [1.165, 1.54) is 6.07 Å². The summed E-state index contributed by atoms with van der Waals surface area (Å²) in [7, 11) is 0. The van der Waals surface area contributed by atoms with Gasteiger partial charge >= 0.3 is 6.18 Å². The van der Waals surface area contributed by atoms with E-state index in [4.69, 9.17) is 5.73 Å². The zero-order valence-electron chi connectivity index (χ0n) is 11.3. The molecule has 20 heavy (non-hydrogen) atoms. The van der Waals surface area contributed by atoms with E-state index in [0.29, 0.717) is 24.2 Å². The number of hydrogen-bond acceptors (Lipinski definition) is 3. The van der Waals surface area contributed by atoms with Gasteiger partial charge < -0.3 is 10.6 Å². The Morgan fingerprint density at radius 1 is 1.35 bits per heavy atom. The molecule has 1 aliphatic heterocycles. The largest absolute Gasteiger partial charge is 0.433 e. The Morgan fingerprint density at radius 2 is 2.10 bits per heavy atom. The van der Waals surface area contributed by atoms with Crippen LogP contribution in [-0.2, 0) is 6.18 Å². The van der Waals surface area contributed by atoms with Crippen molar-refractivity contribution in [3.63, 3.8) is 0 Å². The molecule has 110 valence electrons. The molecule has 0 unspecified atom stereocenters. The van der Waals surface area contributed by atoms with Gasteiger partial charge in [-0.25, -0.2) is 4.98 Å². The van der Waals surface area contributed by atoms with Crippen molar-refractivity contribution in [2.45, 2.75) is 31.5 Å². The fraction of sp³-hybridized carbons (Fsp3) is 0.643. The first kappa shape index (κ1) is 13.7. The zero-order valence-corrected chi connectivity index (χ0v) is 11.3. The third-order valence-corrected chi connectivity index (χ3v) is 4.69. The summed E-state index contributed by atoms with van der Waals surface area (Å²) >= 11 is 0. The standard InChI is InChI=1S/C14H18F3N3/c1-13(18)6-5-9-7-20(8-10(9)13)12-4-2-3-11(19-12)14(15,16)17/h2-4,9-10H,5-8,18H2,1H3/t9-,10+,13-/m1/s1. The Hall–Kier alpha value is -1.30. The van der Waals surface area contributed by atoms with Crippen LogP contribution in [0.4, 0.5) is 19.0 Å². The lowest BCUT2D eigenvalue weighted by Crippen LogP contribution is -2.43. The summed E-state index contributed by atoms with van der Waals surface area (Å²) in [6.45, 7) is 3.50. The number of pyridine rings is 1. The molecule has 2 N–H and O–H groups in total. The van der Waals surface area contributed by atoms with Gasteiger partial charge in [-0.1, -0.05) is 6.07 Å². The highest BCUT2D eigenvalue weighted by Crippen LogP contribution is 2.44. The lowest BCUT2D eigenvalue weighted by molar-refractivity contribution is -0.141. The number of alkyl halides is 3. The van der Waals surface area contributed by atoms with Crippen LogP contribution in [0.25, 0.3) is 0 Å². The molecule has 0 aromatic carbocycles. The monoisotopic (exact) mass is 285 g/mol. The molecule has 3 nitrogen and oxygen atoms in total. The van der Waals surface area contributed by atoms with Gasteiger partial charge in [0.25, 0.3) is 0 Å². The Morgan fingerprint density at radius 3 is 2.75 bits per heavy atom. The number of nitrogens with two attached hydrogens (primary N) is 1. The van der Waals surface area contributed by atoms with Crippen LogP contribution in [0.1, 0.15) is 25.5 Å². The van der Waals surface area contributed by atoms with Crippen molar-refractivity contribution in [3.05, 3.63) is 23.9 Å². The van der Waals surface area contributed by atoms with Crippen LogP contribution in [0.5, 0.6) is 0 Å². The number of halogens is 3. The Balaban J connectivity index is 1.82. The number of nitrogens with zero attached hydrogens (tertiary/aromatic N) is 2. The minimum absolute atomic E-state index is 0.207. The van der Waals surface area contributed by atoms with Crippen molar-refractivity contribution in [2.24, 2.45) is 17.6 Å². The molecule has 2 heterocycles. The van der Waals surface area contributed by atoms with Crippen LogP contribution >= 0.6 is 0 Å². The lowest BCUT2D eigenvalue weighted by atomic mass is 9.88. The van der Waals surface area contributed by atoms with Crippen molar-refractivity contribution in [1.29, 1.82) is 0 Å². The maximum atomic E-state index is 12.7. The minimum atomic E-state index is -4.39. The first-order valence-electron chi connectivity index (χ1n) is 6.85. The van der Waals surface area contributed by atoms with Gasteiger partial charge in [0.2, 0.25) is 0 Å². The second kappa shape index (κ2) is 4.35. The zero-order chi connectivity index (χ0) is 14.5. The summed E-state index contributed by atoms with van der Waals surface area (Å²) in [5.41, 5.74) is 5.24. The van der Waals surface area contributed by atoms with Gasteiger partial charge in [-0.15, -0.1) is 0 Å². The molecule has 2 aliphatic rings. The van der Waals surface area contributed by atoms with Crippen molar-refractivity contribution in [2.75, 3.05) is 18.0 Å². The van der Waals surface area contributed by atoms with Crippen LogP contribution in [0.3, 0.4) is 0 Å². The van der Waals surface area contributed by atoms with Crippen LogP contribution in [-0.4, -0.2) is 23.6 Å². The first-order chi connectivity index (χ1) is 9.27. The van der Waals surface area contributed by atoms with E-state index < -0.39 is 11.9 Å². The fourth-order valence-electron chi connectivity index (χ4n) is 3.54. The summed E-state index contributed by atoms with van der Waals surface area (Å²) in [5, 5.41) is 0. The summed E-state index contributed by atoms with van der Waals surface area (Å²) in [5.74, 6) is 1.23. The van der Waals surface area contributed by atoms with Crippen LogP contribution in [0.15, 0.2) is 18.2 Å². The van der Waals surface area contributed by atoms with Gasteiger partial charge in [-0.2, -0.15) is 13.2 Å². The van der Waals surface area contributed by atoms with Gasteiger partial charge in [-0.05, 0) is 43.7 Å². The van der Waals surface area contributed by atoms with Crippen LogP contribution < -0.4 is 10.6 Å². The molecule has 1 aromatic heterocycles. The second-order valence-corrected chi connectivity index (χ2v) is 6.19. The van der Waals surface area contributed by atoms with E-state index in [2.05, 4.69) is 4.98 Å². The molecular formula is C14H18F3N3. The predicted molar refractivity (Wildman–Crippen MR) is 70.3 cm³/mol. The highest BCUT2D eigenvalue weighted by molar-refractivity contribution is 5.42. The molecule has 1 saturated heterocycles. The summed E-state index contributed by atoms with van der Waals surface area (Å²) in [6, 6.07) is 4.07. The van der Waals surface area contributed by atoms with Gasteiger partial charge in [0.1, 0.15) is 11.5 Å². The predicted octanol–water partition coefficient (Wildman–Crippen LogP) is 2.66. The van der Waals surface area contributed by atoms with E-state index in [1.807, 2.05) is 11.8 Å². The fourth-order valence-corrected chi connectivity index (χ4v) is 3.54. The molecule has 3 rings (SSSR count). The van der Waals surface area contributed by atoms with Crippen LogP contribution in [0.2, 0.25) is 0 Å². The quantitative estimate of drug-likeness (QED) is 0.862. The van der Waals surface area contributed by atoms with Gasteiger partial charge in [-0.3, -0.25) is 0 Å². The third kappa shape index (κ3) is 2.26. The first-order valence-corrected chi connectivity index (χ1v) is 6.85. The summed E-state index contributed by atoms with van der Waals surface area (Å²) in [4.78, 5) is 5.70. The molecule has 1 aliphatic carbocycles. The van der Waals surface area contributed by atoms with E-state index in [-0.39, 0.29) is 5.54 Å². The Bertz CT molecular complexity index is 513. The SMILES string of the molecule is C[C@@]1(N)CC[C@@H]2CN(c3cccc(C(F)(F)F)n3)C[C@@H]21. The van der Waals surface area contributed by atoms with Crippen molar-refractivity contribution >= 4 is 5.82 Å². The average molecular weight is 285 g/mol. The number of hydrogen-bond donors (Lipinski definition) is 1. The van der Waals surface area contributed by atoms with Crippen molar-refractivity contribution in [3.8, 4) is 0 Å². The maximum Gasteiger partial charge on any atom is 0.433 e. The maximum absolute atomic E-state index is 12.7. The van der Waals surface area contributed by atoms with Gasteiger partial charge in [0.15, 0.2) is 0 Å². The topological polar surface area (TPSA) is 42.1 Å². The smallest absolute Gasteiger partial charge is 0.356 e. The third-order valence-electron chi connectivity index (χ3n) is 4.69. The molecule has 6 heteroatoms. The Labute approximate surface area is 116 Å². The van der Waals surface area contributed by atoms with E-state index in [9.17, 15) is 13.2 Å². The van der Waals surface area contributed by atoms with E-state index in [0.717, 1.165) is 25.5 Å². The van der Waals surface area contributed by atoms with Crippen molar-refractivity contribution in [1.82, 2.24) is 4.98 Å². The van der Waals surface area contributed by atoms with Gasteiger partial charge in [0.05, 0.1) is 0 Å². The highest BCUT2D eigenvalue weighted by Gasteiger charge is 2.48. The minimum Gasteiger partial charge on any atom is -0.356 e. The molecule has 1 aromatic rings. The summed E-state index contributed by atoms with van der Waals surface area (Å²) in [6.07, 6.45) is -2.35.